The van der Waals surface area contributed by atoms with Gasteiger partial charge in [-0.05, 0) is 65.0 Å². The van der Waals surface area contributed by atoms with Crippen LogP contribution >= 0.6 is 0 Å². The van der Waals surface area contributed by atoms with Gasteiger partial charge in [-0.3, -0.25) is 4.79 Å². The molecule has 0 rings (SSSR count). The summed E-state index contributed by atoms with van der Waals surface area (Å²) in [6.07, 6.45) is 12.5. The number of Topliss-reactive ketones (excluding diaryl/α,β-unsaturated/α-hetero) is 1. The second kappa shape index (κ2) is 18.4. The molecule has 0 radical (unpaired) electrons. The van der Waals surface area contributed by atoms with Crippen molar-refractivity contribution in [2.75, 3.05) is 26.7 Å². The van der Waals surface area contributed by atoms with E-state index in [4.69, 9.17) is 0 Å². The molecule has 1 atom stereocenters. The Morgan fingerprint density at radius 3 is 1.97 bits per heavy atom. The molecule has 0 bridgehead atoms. The number of unbranched alkanes of at least 4 members (excludes halogenated alkanes) is 4. The maximum absolute atomic E-state index is 12.7. The average molecular weight is 461 g/mol. The summed E-state index contributed by atoms with van der Waals surface area (Å²) < 4.78 is 0. The van der Waals surface area contributed by atoms with Gasteiger partial charge in [0.15, 0.2) is 5.78 Å². The summed E-state index contributed by atoms with van der Waals surface area (Å²) in [6, 6.07) is -0.235. The predicted octanol–water partition coefficient (Wildman–Crippen LogP) is 5.59. The zero-order chi connectivity index (χ0) is 25.1. The van der Waals surface area contributed by atoms with Crippen LogP contribution in [-0.4, -0.2) is 38.5 Å². The van der Waals surface area contributed by atoms with E-state index in [0.717, 1.165) is 75.1 Å². The molecule has 0 aliphatic heterocycles. The molecule has 0 aromatic rings. The van der Waals surface area contributed by atoms with Crippen LogP contribution in [0.2, 0.25) is 0 Å². The Hall–Kier alpha value is -2.01. The summed E-state index contributed by atoms with van der Waals surface area (Å²) in [5.41, 5.74) is 2.61. The standard InChI is InChI=1S/C28H52N4O/c1-9-10-19-26(27(33)28(5,6)7)32-25(4)22-31-24(3)18-14-12-16-21-30-23(2)17-13-11-15-20-29-8/h9,26,29-32H,1-4,10-22H2,5-8H3. The van der Waals surface area contributed by atoms with Gasteiger partial charge in [0.1, 0.15) is 0 Å². The van der Waals surface area contributed by atoms with Crippen LogP contribution in [0.15, 0.2) is 49.5 Å². The van der Waals surface area contributed by atoms with Gasteiger partial charge >= 0.3 is 0 Å². The molecule has 5 nitrogen and oxygen atoms in total. The van der Waals surface area contributed by atoms with E-state index in [1.54, 1.807) is 0 Å². The summed E-state index contributed by atoms with van der Waals surface area (Å²) in [4.78, 5) is 12.7. The van der Waals surface area contributed by atoms with Crippen LogP contribution in [0, 0.1) is 5.41 Å². The Labute approximate surface area is 204 Å². The lowest BCUT2D eigenvalue weighted by Crippen LogP contribution is -2.43. The van der Waals surface area contributed by atoms with Crippen molar-refractivity contribution >= 4 is 5.78 Å². The van der Waals surface area contributed by atoms with Crippen LogP contribution in [0.4, 0.5) is 0 Å². The quantitative estimate of drug-likeness (QED) is 0.125. The van der Waals surface area contributed by atoms with Crippen molar-refractivity contribution in [2.24, 2.45) is 5.41 Å². The maximum atomic E-state index is 12.7. The van der Waals surface area contributed by atoms with E-state index in [0.29, 0.717) is 6.54 Å². The Balaban J connectivity index is 3.96. The zero-order valence-electron chi connectivity index (χ0n) is 22.1. The van der Waals surface area contributed by atoms with E-state index in [-0.39, 0.29) is 17.2 Å². The number of rotatable bonds is 22. The normalized spacial score (nSPS) is 12.0. The van der Waals surface area contributed by atoms with Crippen LogP contribution in [-0.2, 0) is 4.79 Å². The number of hydrogen-bond acceptors (Lipinski definition) is 5. The molecule has 0 aromatic carbocycles. The van der Waals surface area contributed by atoms with Crippen molar-refractivity contribution in [3.05, 3.63) is 49.5 Å². The van der Waals surface area contributed by atoms with Gasteiger partial charge in [-0.2, -0.15) is 0 Å². The minimum atomic E-state index is -0.385. The van der Waals surface area contributed by atoms with E-state index < -0.39 is 0 Å². The van der Waals surface area contributed by atoms with Crippen molar-refractivity contribution in [3.63, 3.8) is 0 Å². The number of ketones is 1. The first-order chi connectivity index (χ1) is 15.6. The summed E-state index contributed by atoms with van der Waals surface area (Å²) >= 11 is 0. The number of hydrogen-bond donors (Lipinski definition) is 4. The maximum Gasteiger partial charge on any atom is 0.160 e. The molecule has 5 heteroatoms. The number of allylic oxidation sites excluding steroid dienone is 3. The fourth-order valence-electron chi connectivity index (χ4n) is 3.50. The minimum absolute atomic E-state index is 0.203. The summed E-state index contributed by atoms with van der Waals surface area (Å²) in [5, 5.41) is 13.3. The lowest BCUT2D eigenvalue weighted by Gasteiger charge is -2.27. The van der Waals surface area contributed by atoms with Gasteiger partial charge in [0.05, 0.1) is 12.6 Å². The van der Waals surface area contributed by atoms with E-state index in [9.17, 15) is 4.79 Å². The van der Waals surface area contributed by atoms with Crippen molar-refractivity contribution in [1.82, 2.24) is 21.3 Å². The van der Waals surface area contributed by atoms with Crippen LogP contribution in [0.1, 0.15) is 85.0 Å². The molecule has 0 amide bonds. The van der Waals surface area contributed by atoms with Crippen LogP contribution in [0.3, 0.4) is 0 Å². The molecular weight excluding hydrogens is 408 g/mol. The second-order valence-electron chi connectivity index (χ2n) is 9.99. The fourth-order valence-corrected chi connectivity index (χ4v) is 3.50. The largest absolute Gasteiger partial charge is 0.389 e. The molecule has 0 saturated heterocycles. The highest BCUT2D eigenvalue weighted by molar-refractivity contribution is 5.88. The molecule has 0 heterocycles. The van der Waals surface area contributed by atoms with Crippen molar-refractivity contribution in [1.29, 1.82) is 0 Å². The van der Waals surface area contributed by atoms with Crippen LogP contribution < -0.4 is 21.3 Å². The van der Waals surface area contributed by atoms with Gasteiger partial charge in [0.25, 0.3) is 0 Å². The third kappa shape index (κ3) is 17.2. The Bertz CT molecular complexity index is 604. The first kappa shape index (κ1) is 31.0. The van der Waals surface area contributed by atoms with Crippen molar-refractivity contribution < 1.29 is 4.79 Å². The second-order valence-corrected chi connectivity index (χ2v) is 9.99. The highest BCUT2D eigenvalue weighted by atomic mass is 16.1. The zero-order valence-corrected chi connectivity index (χ0v) is 22.1. The third-order valence-corrected chi connectivity index (χ3v) is 5.58. The van der Waals surface area contributed by atoms with Gasteiger partial charge in [-0.1, -0.05) is 59.4 Å². The summed E-state index contributed by atoms with van der Waals surface area (Å²) in [5.74, 6) is 0.203. The first-order valence-corrected chi connectivity index (χ1v) is 12.7. The predicted molar refractivity (Wildman–Crippen MR) is 145 cm³/mol. The highest BCUT2D eigenvalue weighted by Crippen LogP contribution is 2.19. The smallest absolute Gasteiger partial charge is 0.160 e. The molecule has 0 aromatic heterocycles. The molecule has 190 valence electrons. The molecule has 0 aliphatic rings. The van der Waals surface area contributed by atoms with Gasteiger partial charge in [-0.15, -0.1) is 6.58 Å². The van der Waals surface area contributed by atoms with Gasteiger partial charge < -0.3 is 21.3 Å². The molecular formula is C28H52N4O. The average Bonchev–Trinajstić information content (AvgIpc) is 2.76. The SMILES string of the molecule is C=CCCC(NC(=C)CNC(=C)CCCCCNC(=C)CCCCCNC)C(=O)C(C)(C)C. The number of carbonyl (C=O) groups excluding carboxylic acids is 1. The molecule has 1 unspecified atom stereocenters. The molecule has 0 saturated carbocycles. The molecule has 0 fully saturated rings. The van der Waals surface area contributed by atoms with Crippen LogP contribution in [0.5, 0.6) is 0 Å². The summed E-state index contributed by atoms with van der Waals surface area (Å²) in [7, 11) is 2.00. The van der Waals surface area contributed by atoms with Gasteiger partial charge in [0, 0.05) is 29.1 Å². The first-order valence-electron chi connectivity index (χ1n) is 12.7. The lowest BCUT2D eigenvalue weighted by molar-refractivity contribution is -0.128. The molecule has 0 spiro atoms. The van der Waals surface area contributed by atoms with Gasteiger partial charge in [0.2, 0.25) is 0 Å². The van der Waals surface area contributed by atoms with E-state index >= 15 is 0 Å². The fraction of sp³-hybridized carbons (Fsp3) is 0.679. The third-order valence-electron chi connectivity index (χ3n) is 5.58. The minimum Gasteiger partial charge on any atom is -0.389 e. The lowest BCUT2D eigenvalue weighted by atomic mass is 9.85. The van der Waals surface area contributed by atoms with Crippen molar-refractivity contribution in [3.8, 4) is 0 Å². The van der Waals surface area contributed by atoms with Gasteiger partial charge in [-0.25, -0.2) is 0 Å². The van der Waals surface area contributed by atoms with E-state index in [1.165, 1.54) is 19.3 Å². The monoisotopic (exact) mass is 460 g/mol. The van der Waals surface area contributed by atoms with Crippen molar-refractivity contribution in [2.45, 2.75) is 91.0 Å². The number of carbonyl (C=O) groups is 1. The Morgan fingerprint density at radius 1 is 0.848 bits per heavy atom. The summed E-state index contributed by atoms with van der Waals surface area (Å²) in [6.45, 7) is 24.7. The molecule has 0 aliphatic carbocycles. The molecule has 33 heavy (non-hydrogen) atoms. The highest BCUT2D eigenvalue weighted by Gasteiger charge is 2.29. The van der Waals surface area contributed by atoms with Crippen LogP contribution in [0.25, 0.3) is 0 Å². The Morgan fingerprint density at radius 2 is 1.42 bits per heavy atom. The van der Waals surface area contributed by atoms with E-state index in [2.05, 4.69) is 47.6 Å². The van der Waals surface area contributed by atoms with E-state index in [1.807, 2.05) is 33.9 Å². The molecule has 4 N–H and O–H groups in total. The topological polar surface area (TPSA) is 65.2 Å². The number of nitrogens with one attached hydrogen (secondary N) is 4. The Kier molecular flexibility index (Phi) is 17.3.